The average molecular weight is 215 g/mol. The van der Waals surface area contributed by atoms with E-state index < -0.39 is 0 Å². The molecule has 1 saturated carbocycles. The zero-order chi connectivity index (χ0) is 11.5. The summed E-state index contributed by atoms with van der Waals surface area (Å²) >= 11 is 0. The zero-order valence-electron chi connectivity index (χ0n) is 9.83. The second-order valence-corrected chi connectivity index (χ2v) is 4.50. The maximum Gasteiger partial charge on any atom is 0.144 e. The Kier molecular flexibility index (Phi) is 3.09. The first kappa shape index (κ1) is 10.9. The number of nitrogens with one attached hydrogen (secondary N) is 1. The fourth-order valence-corrected chi connectivity index (χ4v) is 2.05. The Hall–Kier alpha value is -1.56. The lowest BCUT2D eigenvalue weighted by Crippen LogP contribution is -2.08. The van der Waals surface area contributed by atoms with Crippen molar-refractivity contribution in [1.82, 2.24) is 4.98 Å². The lowest BCUT2D eigenvalue weighted by Gasteiger charge is -2.07. The van der Waals surface area contributed by atoms with Crippen LogP contribution >= 0.6 is 0 Å². The van der Waals surface area contributed by atoms with Gasteiger partial charge in [0, 0.05) is 11.7 Å². The molecule has 1 aromatic heterocycles. The molecule has 0 spiro atoms. The molecule has 0 aliphatic heterocycles. The van der Waals surface area contributed by atoms with Crippen molar-refractivity contribution in [3.63, 3.8) is 0 Å². The van der Waals surface area contributed by atoms with Crippen molar-refractivity contribution in [3.8, 4) is 6.07 Å². The molecule has 1 aliphatic rings. The zero-order valence-corrected chi connectivity index (χ0v) is 9.83. The van der Waals surface area contributed by atoms with Crippen LogP contribution in [0.4, 0.5) is 5.82 Å². The normalized spacial score (nSPS) is 22.6. The van der Waals surface area contributed by atoms with E-state index in [4.69, 9.17) is 5.26 Å². The van der Waals surface area contributed by atoms with Gasteiger partial charge in [-0.15, -0.1) is 0 Å². The van der Waals surface area contributed by atoms with E-state index in [0.717, 1.165) is 17.4 Å². The number of anilines is 1. The number of hydrogen-bond acceptors (Lipinski definition) is 3. The van der Waals surface area contributed by atoms with Gasteiger partial charge < -0.3 is 5.32 Å². The molecular formula is C13H17N3. The quantitative estimate of drug-likeness (QED) is 0.840. The summed E-state index contributed by atoms with van der Waals surface area (Å²) in [7, 11) is 0. The van der Waals surface area contributed by atoms with E-state index in [0.29, 0.717) is 11.6 Å². The number of pyridine rings is 1. The van der Waals surface area contributed by atoms with Gasteiger partial charge in [0.2, 0.25) is 0 Å². The largest absolute Gasteiger partial charge is 0.366 e. The third-order valence-corrected chi connectivity index (χ3v) is 3.06. The van der Waals surface area contributed by atoms with Crippen LogP contribution in [0.25, 0.3) is 0 Å². The summed E-state index contributed by atoms with van der Waals surface area (Å²) in [5.74, 6) is 1.53. The van der Waals surface area contributed by atoms with E-state index in [1.807, 2.05) is 19.1 Å². The molecule has 1 aliphatic carbocycles. The van der Waals surface area contributed by atoms with Crippen LogP contribution in [0.5, 0.6) is 0 Å². The van der Waals surface area contributed by atoms with E-state index in [1.165, 1.54) is 19.3 Å². The van der Waals surface area contributed by atoms with Crippen molar-refractivity contribution < 1.29 is 0 Å². The molecule has 1 heterocycles. The third-order valence-electron chi connectivity index (χ3n) is 3.06. The summed E-state index contributed by atoms with van der Waals surface area (Å²) in [6.07, 6.45) is 3.72. The Morgan fingerprint density at radius 3 is 3.06 bits per heavy atom. The van der Waals surface area contributed by atoms with Crippen LogP contribution in [0.3, 0.4) is 0 Å². The Morgan fingerprint density at radius 2 is 2.38 bits per heavy atom. The van der Waals surface area contributed by atoms with E-state index in [1.54, 1.807) is 0 Å². The van der Waals surface area contributed by atoms with Gasteiger partial charge in [-0.25, -0.2) is 4.98 Å². The van der Waals surface area contributed by atoms with Crippen molar-refractivity contribution in [3.05, 3.63) is 23.4 Å². The van der Waals surface area contributed by atoms with Crippen LogP contribution in [-0.4, -0.2) is 11.0 Å². The summed E-state index contributed by atoms with van der Waals surface area (Å²) in [6, 6.07) is 6.42. The van der Waals surface area contributed by atoms with Gasteiger partial charge in [0.15, 0.2) is 0 Å². The highest BCUT2D eigenvalue weighted by Gasteiger charge is 2.36. The van der Waals surface area contributed by atoms with Crippen LogP contribution < -0.4 is 5.32 Å². The molecule has 0 saturated heterocycles. The first-order valence-electron chi connectivity index (χ1n) is 5.89. The van der Waals surface area contributed by atoms with E-state index >= 15 is 0 Å². The minimum Gasteiger partial charge on any atom is -0.366 e. The van der Waals surface area contributed by atoms with Gasteiger partial charge in [0.1, 0.15) is 11.9 Å². The predicted molar refractivity (Wildman–Crippen MR) is 64.1 cm³/mol. The van der Waals surface area contributed by atoms with Crippen LogP contribution in [0.15, 0.2) is 12.1 Å². The van der Waals surface area contributed by atoms with Crippen LogP contribution in [0.1, 0.15) is 37.4 Å². The molecular weight excluding hydrogens is 198 g/mol. The summed E-state index contributed by atoms with van der Waals surface area (Å²) in [6.45, 7) is 4.16. The van der Waals surface area contributed by atoms with Crippen molar-refractivity contribution in [2.45, 2.75) is 39.2 Å². The smallest absolute Gasteiger partial charge is 0.144 e. The maximum atomic E-state index is 8.98. The number of nitrogens with zero attached hydrogens (tertiary/aromatic N) is 2. The maximum absolute atomic E-state index is 8.98. The van der Waals surface area contributed by atoms with Crippen LogP contribution in [0, 0.1) is 24.2 Å². The van der Waals surface area contributed by atoms with Crippen molar-refractivity contribution in [2.24, 2.45) is 5.92 Å². The lowest BCUT2D eigenvalue weighted by molar-refractivity contribution is 0.692. The second kappa shape index (κ2) is 4.52. The highest BCUT2D eigenvalue weighted by atomic mass is 15.1. The molecule has 0 amide bonds. The van der Waals surface area contributed by atoms with E-state index in [-0.39, 0.29) is 0 Å². The van der Waals surface area contributed by atoms with Gasteiger partial charge in [-0.1, -0.05) is 13.3 Å². The molecule has 2 atom stereocenters. The van der Waals surface area contributed by atoms with Gasteiger partial charge in [-0.2, -0.15) is 5.26 Å². The summed E-state index contributed by atoms with van der Waals surface area (Å²) in [5.41, 5.74) is 1.60. The Balaban J connectivity index is 2.05. The first-order chi connectivity index (χ1) is 7.74. The fraction of sp³-hybridized carbons (Fsp3) is 0.538. The minimum absolute atomic E-state index is 0.529. The van der Waals surface area contributed by atoms with Gasteiger partial charge in [0.05, 0.1) is 5.56 Å². The molecule has 16 heavy (non-hydrogen) atoms. The number of rotatable bonds is 4. The first-order valence-corrected chi connectivity index (χ1v) is 5.89. The number of hydrogen-bond donors (Lipinski definition) is 1. The summed E-state index contributed by atoms with van der Waals surface area (Å²) in [4.78, 5) is 4.39. The lowest BCUT2D eigenvalue weighted by atomic mass is 10.2. The molecule has 1 N–H and O–H groups in total. The minimum atomic E-state index is 0.529. The number of aryl methyl sites for hydroxylation is 1. The molecule has 84 valence electrons. The van der Waals surface area contributed by atoms with Crippen LogP contribution in [-0.2, 0) is 0 Å². The van der Waals surface area contributed by atoms with Crippen molar-refractivity contribution >= 4 is 5.82 Å². The summed E-state index contributed by atoms with van der Waals surface area (Å²) in [5, 5.41) is 12.4. The van der Waals surface area contributed by atoms with Crippen LogP contribution in [0.2, 0.25) is 0 Å². The number of nitriles is 1. The molecule has 0 aromatic carbocycles. The molecule has 0 bridgehead atoms. The van der Waals surface area contributed by atoms with Gasteiger partial charge in [-0.05, 0) is 37.8 Å². The number of aromatic nitrogens is 1. The van der Waals surface area contributed by atoms with Crippen molar-refractivity contribution in [2.75, 3.05) is 5.32 Å². The average Bonchev–Trinajstić information content (AvgIpc) is 2.97. The van der Waals surface area contributed by atoms with E-state index in [2.05, 4.69) is 23.3 Å². The predicted octanol–water partition coefficient (Wildman–Crippen LogP) is 2.86. The van der Waals surface area contributed by atoms with Gasteiger partial charge in [0.25, 0.3) is 0 Å². The topological polar surface area (TPSA) is 48.7 Å². The molecule has 2 unspecified atom stereocenters. The van der Waals surface area contributed by atoms with Gasteiger partial charge >= 0.3 is 0 Å². The third kappa shape index (κ3) is 2.33. The molecule has 1 fully saturated rings. The van der Waals surface area contributed by atoms with E-state index in [9.17, 15) is 0 Å². The Labute approximate surface area is 96.5 Å². The Bertz CT molecular complexity index is 420. The van der Waals surface area contributed by atoms with Gasteiger partial charge in [-0.3, -0.25) is 0 Å². The molecule has 3 heteroatoms. The monoisotopic (exact) mass is 215 g/mol. The highest BCUT2D eigenvalue weighted by molar-refractivity contribution is 5.53. The molecule has 2 rings (SSSR count). The summed E-state index contributed by atoms with van der Waals surface area (Å²) < 4.78 is 0. The Morgan fingerprint density at radius 1 is 1.56 bits per heavy atom. The molecule has 1 aromatic rings. The highest BCUT2D eigenvalue weighted by Crippen LogP contribution is 2.37. The molecule has 3 nitrogen and oxygen atoms in total. The fourth-order valence-electron chi connectivity index (χ4n) is 2.05. The SMILES string of the molecule is CCCC1CC1Nc1nc(C)ccc1C#N. The second-order valence-electron chi connectivity index (χ2n) is 4.50. The standard InChI is InChI=1S/C13H17N3/c1-3-4-10-7-12(10)16-13-11(8-14)6-5-9(2)15-13/h5-6,10,12H,3-4,7H2,1-2H3,(H,15,16). The van der Waals surface area contributed by atoms with Crippen molar-refractivity contribution in [1.29, 1.82) is 5.26 Å². The molecule has 0 radical (unpaired) electrons.